The predicted octanol–water partition coefficient (Wildman–Crippen LogP) is 5.17. The molecule has 0 atom stereocenters. The second-order valence-corrected chi connectivity index (χ2v) is 7.53. The van der Waals surface area contributed by atoms with E-state index in [0.29, 0.717) is 28.3 Å². The summed E-state index contributed by atoms with van der Waals surface area (Å²) in [5.74, 6) is 1.90. The van der Waals surface area contributed by atoms with Gasteiger partial charge in [-0.25, -0.2) is 4.98 Å². The van der Waals surface area contributed by atoms with Crippen LogP contribution in [0.25, 0.3) is 0 Å². The molecule has 0 bridgehead atoms. The number of hydrogen-bond donors (Lipinski definition) is 2. The predicted molar refractivity (Wildman–Crippen MR) is 114 cm³/mol. The molecular formula is C18H16BrClN4O2S. The number of thiazole rings is 1. The highest BCUT2D eigenvalue weighted by Crippen LogP contribution is 2.30. The van der Waals surface area contributed by atoms with E-state index < -0.39 is 0 Å². The van der Waals surface area contributed by atoms with Crippen LogP contribution in [0.5, 0.6) is 11.5 Å². The lowest BCUT2D eigenvalue weighted by atomic mass is 10.1. The molecule has 0 saturated carbocycles. The van der Waals surface area contributed by atoms with E-state index in [-0.39, 0.29) is 0 Å². The molecule has 3 N–H and O–H groups in total. The van der Waals surface area contributed by atoms with Gasteiger partial charge >= 0.3 is 0 Å². The molecule has 0 aliphatic rings. The van der Waals surface area contributed by atoms with Crippen LogP contribution in [0.2, 0.25) is 5.02 Å². The monoisotopic (exact) mass is 466 g/mol. The molecule has 0 unspecified atom stereocenters. The minimum absolute atomic E-state index is 0.335. The molecular weight excluding hydrogens is 452 g/mol. The van der Waals surface area contributed by atoms with Crippen LogP contribution in [-0.4, -0.2) is 18.3 Å². The molecule has 0 fully saturated rings. The van der Waals surface area contributed by atoms with Crippen molar-refractivity contribution >= 4 is 56.0 Å². The third-order valence-electron chi connectivity index (χ3n) is 3.48. The SMILES string of the molecule is COc1ccc(C=NNc2nc(N)cs2)cc1COc1ccc(Cl)cc1Br. The summed E-state index contributed by atoms with van der Waals surface area (Å²) in [6, 6.07) is 11.1. The normalized spacial score (nSPS) is 10.9. The van der Waals surface area contributed by atoms with E-state index in [9.17, 15) is 0 Å². The minimum Gasteiger partial charge on any atom is -0.496 e. The number of nitrogens with zero attached hydrogens (tertiary/aromatic N) is 2. The Kier molecular flexibility index (Phi) is 6.54. The van der Waals surface area contributed by atoms with E-state index >= 15 is 0 Å². The van der Waals surface area contributed by atoms with Crippen molar-refractivity contribution in [2.24, 2.45) is 5.10 Å². The highest BCUT2D eigenvalue weighted by Gasteiger charge is 2.07. The van der Waals surface area contributed by atoms with Crippen LogP contribution in [0, 0.1) is 0 Å². The van der Waals surface area contributed by atoms with Gasteiger partial charge in [-0.05, 0) is 57.9 Å². The van der Waals surface area contributed by atoms with Crippen molar-refractivity contribution in [1.29, 1.82) is 0 Å². The lowest BCUT2D eigenvalue weighted by Gasteiger charge is -2.12. The first-order chi connectivity index (χ1) is 13.0. The summed E-state index contributed by atoms with van der Waals surface area (Å²) in [7, 11) is 1.62. The zero-order valence-corrected chi connectivity index (χ0v) is 17.4. The Morgan fingerprint density at radius 1 is 1.30 bits per heavy atom. The number of hydrogen-bond acceptors (Lipinski definition) is 7. The van der Waals surface area contributed by atoms with Crippen molar-refractivity contribution in [3.63, 3.8) is 0 Å². The van der Waals surface area contributed by atoms with Crippen molar-refractivity contribution in [1.82, 2.24) is 4.98 Å². The second kappa shape index (κ2) is 9.07. The number of ether oxygens (including phenoxy) is 2. The van der Waals surface area contributed by atoms with Gasteiger partial charge in [-0.2, -0.15) is 5.10 Å². The lowest BCUT2D eigenvalue weighted by molar-refractivity contribution is 0.295. The first-order valence-corrected chi connectivity index (χ1v) is 9.85. The van der Waals surface area contributed by atoms with Gasteiger partial charge in [0, 0.05) is 16.0 Å². The maximum Gasteiger partial charge on any atom is 0.205 e. The Morgan fingerprint density at radius 3 is 2.81 bits per heavy atom. The molecule has 0 amide bonds. The van der Waals surface area contributed by atoms with Crippen molar-refractivity contribution in [3.8, 4) is 11.5 Å². The van der Waals surface area contributed by atoms with Gasteiger partial charge in [0.15, 0.2) is 0 Å². The molecule has 6 nitrogen and oxygen atoms in total. The zero-order valence-electron chi connectivity index (χ0n) is 14.3. The molecule has 0 saturated heterocycles. The van der Waals surface area contributed by atoms with E-state index in [2.05, 4.69) is 31.4 Å². The van der Waals surface area contributed by atoms with Crippen LogP contribution in [0.4, 0.5) is 10.9 Å². The maximum absolute atomic E-state index is 5.96. The van der Waals surface area contributed by atoms with Gasteiger partial charge in [-0.3, -0.25) is 5.43 Å². The summed E-state index contributed by atoms with van der Waals surface area (Å²) in [6.45, 7) is 0.335. The van der Waals surface area contributed by atoms with Gasteiger partial charge in [0.25, 0.3) is 0 Å². The molecule has 1 aromatic heterocycles. The van der Waals surface area contributed by atoms with Gasteiger partial charge in [0.1, 0.15) is 23.9 Å². The number of anilines is 2. The summed E-state index contributed by atoms with van der Waals surface area (Å²) in [5.41, 5.74) is 10.2. The largest absolute Gasteiger partial charge is 0.496 e. The minimum atomic E-state index is 0.335. The summed E-state index contributed by atoms with van der Waals surface area (Å²) in [6.07, 6.45) is 1.69. The number of nitrogens with one attached hydrogen (secondary N) is 1. The number of benzene rings is 2. The molecule has 9 heteroatoms. The number of nitrogens with two attached hydrogens (primary N) is 1. The van der Waals surface area contributed by atoms with E-state index in [1.54, 1.807) is 30.8 Å². The Morgan fingerprint density at radius 2 is 2.11 bits per heavy atom. The molecule has 0 aliphatic heterocycles. The highest BCUT2D eigenvalue weighted by molar-refractivity contribution is 9.10. The van der Waals surface area contributed by atoms with Gasteiger partial charge in [-0.1, -0.05) is 11.6 Å². The van der Waals surface area contributed by atoms with Gasteiger partial charge in [0.2, 0.25) is 5.13 Å². The lowest BCUT2D eigenvalue weighted by Crippen LogP contribution is -2.01. The van der Waals surface area contributed by atoms with E-state index in [0.717, 1.165) is 21.3 Å². The van der Waals surface area contributed by atoms with Crippen LogP contribution >= 0.6 is 38.9 Å². The van der Waals surface area contributed by atoms with E-state index in [4.69, 9.17) is 26.8 Å². The van der Waals surface area contributed by atoms with Gasteiger partial charge in [-0.15, -0.1) is 11.3 Å². The molecule has 2 aromatic carbocycles. The molecule has 140 valence electrons. The van der Waals surface area contributed by atoms with Crippen LogP contribution in [-0.2, 0) is 6.61 Å². The zero-order chi connectivity index (χ0) is 19.2. The van der Waals surface area contributed by atoms with E-state index in [1.165, 1.54) is 11.3 Å². The molecule has 0 aliphatic carbocycles. The van der Waals surface area contributed by atoms with Gasteiger partial charge < -0.3 is 15.2 Å². The Labute approximate surface area is 174 Å². The third kappa shape index (κ3) is 5.35. The smallest absolute Gasteiger partial charge is 0.205 e. The van der Waals surface area contributed by atoms with E-state index in [1.807, 2.05) is 24.3 Å². The fourth-order valence-corrected chi connectivity index (χ4v) is 3.58. The Bertz CT molecular complexity index is 964. The number of methoxy groups -OCH3 is 1. The van der Waals surface area contributed by atoms with Crippen molar-refractivity contribution in [3.05, 3.63) is 62.4 Å². The van der Waals surface area contributed by atoms with Crippen LogP contribution in [0.15, 0.2) is 51.4 Å². The third-order valence-corrected chi connectivity index (χ3v) is 5.10. The van der Waals surface area contributed by atoms with Crippen molar-refractivity contribution < 1.29 is 9.47 Å². The van der Waals surface area contributed by atoms with Crippen molar-refractivity contribution in [2.75, 3.05) is 18.3 Å². The number of hydrazone groups is 1. The molecule has 0 radical (unpaired) electrons. The molecule has 1 heterocycles. The fourth-order valence-electron chi connectivity index (χ4n) is 2.24. The summed E-state index contributed by atoms with van der Waals surface area (Å²) >= 11 is 10.8. The molecule has 3 aromatic rings. The highest BCUT2D eigenvalue weighted by atomic mass is 79.9. The van der Waals surface area contributed by atoms with Crippen LogP contribution in [0.3, 0.4) is 0 Å². The Hall–Kier alpha value is -2.29. The number of nitrogen functional groups attached to an aromatic ring is 1. The van der Waals surface area contributed by atoms with Crippen LogP contribution < -0.4 is 20.6 Å². The first kappa shape index (κ1) is 19.5. The average Bonchev–Trinajstić information content (AvgIpc) is 3.06. The summed E-state index contributed by atoms with van der Waals surface area (Å²) in [5, 5.41) is 7.19. The maximum atomic E-state index is 5.96. The quantitative estimate of drug-likeness (QED) is 0.370. The number of aromatic nitrogens is 1. The summed E-state index contributed by atoms with van der Waals surface area (Å²) < 4.78 is 12.1. The standard InChI is InChI=1S/C18H16BrClN4O2S/c1-25-15-4-2-11(8-22-24-18-23-17(21)10-27-18)6-12(15)9-26-16-5-3-13(20)7-14(16)19/h2-8,10H,9,21H2,1H3,(H,23,24). The Balaban J connectivity index is 1.70. The fraction of sp³-hybridized carbons (Fsp3) is 0.111. The number of halogens is 2. The van der Waals surface area contributed by atoms with Crippen LogP contribution in [0.1, 0.15) is 11.1 Å². The molecule has 0 spiro atoms. The van der Waals surface area contributed by atoms with Crippen molar-refractivity contribution in [2.45, 2.75) is 6.61 Å². The topological polar surface area (TPSA) is 81.8 Å². The average molecular weight is 468 g/mol. The number of rotatable bonds is 7. The summed E-state index contributed by atoms with van der Waals surface area (Å²) in [4.78, 5) is 4.08. The second-order valence-electron chi connectivity index (χ2n) is 5.38. The molecule has 3 rings (SSSR count). The first-order valence-electron chi connectivity index (χ1n) is 7.80. The van der Waals surface area contributed by atoms with Gasteiger partial charge in [0.05, 0.1) is 17.8 Å². The molecule has 27 heavy (non-hydrogen) atoms.